The fraction of sp³-hybridized carbons (Fsp3) is 0.300. The Morgan fingerprint density at radius 2 is 1.85 bits per heavy atom. The largest absolute Gasteiger partial charge is 0.493 e. The van der Waals surface area contributed by atoms with Crippen LogP contribution < -0.4 is 19.7 Å². The lowest BCUT2D eigenvalue weighted by Crippen LogP contribution is -2.39. The van der Waals surface area contributed by atoms with E-state index in [0.717, 1.165) is 9.13 Å². The zero-order valence-electron chi connectivity index (χ0n) is 15.2. The summed E-state index contributed by atoms with van der Waals surface area (Å²) in [5.74, 6) is 0.981. The van der Waals surface area contributed by atoms with E-state index in [2.05, 4.69) is 27.9 Å². The molecular weight excluding hydrogens is 459 g/mol. The van der Waals surface area contributed by atoms with Crippen molar-refractivity contribution in [2.45, 2.75) is 18.9 Å². The molecule has 0 aliphatic carbocycles. The van der Waals surface area contributed by atoms with Crippen LogP contribution in [0.4, 0.5) is 5.69 Å². The Labute approximate surface area is 172 Å². The van der Waals surface area contributed by atoms with Crippen LogP contribution in [0, 0.1) is 3.57 Å². The van der Waals surface area contributed by atoms with Crippen molar-refractivity contribution in [3.05, 3.63) is 51.6 Å². The van der Waals surface area contributed by atoms with E-state index < -0.39 is 6.04 Å². The Morgan fingerprint density at radius 3 is 2.56 bits per heavy atom. The standard InChI is InChI=1S/C20H21IN2O4/c1-26-17-8-7-13(11-18(17)27-2)9-10-22-15-12-19(24)23(20(15)25)16-6-4-3-5-14(16)21/h3-8,11,15,22H,9-10,12H2,1-2H3/t15-/m1/s1. The quantitative estimate of drug-likeness (QED) is 0.488. The lowest BCUT2D eigenvalue weighted by molar-refractivity contribution is -0.121. The van der Waals surface area contributed by atoms with E-state index in [1.807, 2.05) is 36.4 Å². The van der Waals surface area contributed by atoms with Crippen LogP contribution in [0.15, 0.2) is 42.5 Å². The van der Waals surface area contributed by atoms with E-state index in [-0.39, 0.29) is 18.2 Å². The van der Waals surface area contributed by atoms with Gasteiger partial charge in [0.15, 0.2) is 11.5 Å². The van der Waals surface area contributed by atoms with Gasteiger partial charge in [-0.05, 0) is 65.4 Å². The topological polar surface area (TPSA) is 67.9 Å². The first kappa shape index (κ1) is 19.6. The van der Waals surface area contributed by atoms with Crippen molar-refractivity contribution >= 4 is 40.1 Å². The van der Waals surface area contributed by atoms with Crippen molar-refractivity contribution in [2.75, 3.05) is 25.7 Å². The van der Waals surface area contributed by atoms with Crippen LogP contribution in [0.1, 0.15) is 12.0 Å². The molecule has 0 bridgehead atoms. The number of amides is 2. The molecule has 2 amide bonds. The van der Waals surface area contributed by atoms with E-state index in [9.17, 15) is 9.59 Å². The number of carbonyl (C=O) groups is 2. The van der Waals surface area contributed by atoms with Crippen molar-refractivity contribution < 1.29 is 19.1 Å². The third kappa shape index (κ3) is 4.24. The number of hydrogen-bond donors (Lipinski definition) is 1. The Kier molecular flexibility index (Phi) is 6.33. The highest BCUT2D eigenvalue weighted by Gasteiger charge is 2.39. The van der Waals surface area contributed by atoms with E-state index in [0.29, 0.717) is 30.2 Å². The van der Waals surface area contributed by atoms with Crippen LogP contribution in [0.3, 0.4) is 0 Å². The van der Waals surface area contributed by atoms with Crippen molar-refractivity contribution in [3.8, 4) is 11.5 Å². The minimum absolute atomic E-state index is 0.173. The van der Waals surface area contributed by atoms with Crippen LogP contribution >= 0.6 is 22.6 Å². The Balaban J connectivity index is 1.62. The van der Waals surface area contributed by atoms with Crippen molar-refractivity contribution in [1.29, 1.82) is 0 Å². The number of imide groups is 1. The third-order valence-electron chi connectivity index (χ3n) is 4.49. The number of hydrogen-bond acceptors (Lipinski definition) is 5. The van der Waals surface area contributed by atoms with Crippen LogP contribution in [-0.4, -0.2) is 38.6 Å². The Morgan fingerprint density at radius 1 is 1.11 bits per heavy atom. The molecule has 1 N–H and O–H groups in total. The lowest BCUT2D eigenvalue weighted by Gasteiger charge is -2.17. The molecule has 0 radical (unpaired) electrons. The highest BCUT2D eigenvalue weighted by molar-refractivity contribution is 14.1. The molecular formula is C20H21IN2O4. The smallest absolute Gasteiger partial charge is 0.251 e. The number of benzene rings is 2. The molecule has 3 rings (SSSR count). The minimum Gasteiger partial charge on any atom is -0.493 e. The number of ether oxygens (including phenoxy) is 2. The molecule has 0 unspecified atom stereocenters. The zero-order chi connectivity index (χ0) is 19.4. The van der Waals surface area contributed by atoms with Gasteiger partial charge in [-0.25, -0.2) is 4.90 Å². The van der Waals surface area contributed by atoms with E-state index >= 15 is 0 Å². The fourth-order valence-electron chi connectivity index (χ4n) is 3.10. The molecule has 142 valence electrons. The monoisotopic (exact) mass is 480 g/mol. The highest BCUT2D eigenvalue weighted by Crippen LogP contribution is 2.29. The van der Waals surface area contributed by atoms with Crippen LogP contribution in [-0.2, 0) is 16.0 Å². The Bertz CT molecular complexity index is 856. The van der Waals surface area contributed by atoms with Gasteiger partial charge in [0, 0.05) is 3.57 Å². The molecule has 2 aromatic rings. The predicted octanol–water partition coefficient (Wildman–Crippen LogP) is 2.77. The normalized spacial score (nSPS) is 16.7. The first-order valence-electron chi connectivity index (χ1n) is 8.60. The van der Waals surface area contributed by atoms with Crippen molar-refractivity contribution in [1.82, 2.24) is 5.32 Å². The second kappa shape index (κ2) is 8.71. The number of halogens is 1. The number of para-hydroxylation sites is 1. The number of methoxy groups -OCH3 is 2. The SMILES string of the molecule is COc1ccc(CCN[C@@H]2CC(=O)N(c3ccccc3I)C2=O)cc1OC. The van der Waals surface area contributed by atoms with Gasteiger partial charge in [0.25, 0.3) is 5.91 Å². The second-order valence-electron chi connectivity index (χ2n) is 6.17. The first-order valence-corrected chi connectivity index (χ1v) is 9.68. The number of nitrogens with one attached hydrogen (secondary N) is 1. The van der Waals surface area contributed by atoms with Crippen LogP contribution in [0.5, 0.6) is 11.5 Å². The predicted molar refractivity (Wildman–Crippen MR) is 111 cm³/mol. The average molecular weight is 480 g/mol. The maximum Gasteiger partial charge on any atom is 0.251 e. The summed E-state index contributed by atoms with van der Waals surface area (Å²) in [5, 5.41) is 3.21. The molecule has 1 atom stereocenters. The average Bonchev–Trinajstić information content (AvgIpc) is 2.95. The summed E-state index contributed by atoms with van der Waals surface area (Å²) in [4.78, 5) is 26.4. The highest BCUT2D eigenvalue weighted by atomic mass is 127. The maximum absolute atomic E-state index is 12.7. The number of anilines is 1. The van der Waals surface area contributed by atoms with Gasteiger partial charge < -0.3 is 14.8 Å². The van der Waals surface area contributed by atoms with Gasteiger partial charge in [-0.15, -0.1) is 0 Å². The maximum atomic E-state index is 12.7. The number of rotatable bonds is 7. The fourth-order valence-corrected chi connectivity index (χ4v) is 3.73. The molecule has 1 aliphatic rings. The number of carbonyl (C=O) groups excluding carboxylic acids is 2. The molecule has 27 heavy (non-hydrogen) atoms. The van der Waals surface area contributed by atoms with Crippen LogP contribution in [0.25, 0.3) is 0 Å². The molecule has 0 spiro atoms. The molecule has 1 fully saturated rings. The van der Waals surface area contributed by atoms with E-state index in [1.165, 1.54) is 4.90 Å². The molecule has 0 aromatic heterocycles. The third-order valence-corrected chi connectivity index (χ3v) is 5.40. The van der Waals surface area contributed by atoms with Gasteiger partial charge in [-0.1, -0.05) is 18.2 Å². The second-order valence-corrected chi connectivity index (χ2v) is 7.33. The van der Waals surface area contributed by atoms with Gasteiger partial charge in [0.05, 0.1) is 32.4 Å². The minimum atomic E-state index is -0.492. The zero-order valence-corrected chi connectivity index (χ0v) is 17.4. The molecule has 0 saturated carbocycles. The van der Waals surface area contributed by atoms with Gasteiger partial charge in [0.2, 0.25) is 5.91 Å². The van der Waals surface area contributed by atoms with Crippen LogP contribution in [0.2, 0.25) is 0 Å². The van der Waals surface area contributed by atoms with Crippen molar-refractivity contribution in [2.24, 2.45) is 0 Å². The van der Waals surface area contributed by atoms with Gasteiger partial charge in [-0.3, -0.25) is 9.59 Å². The summed E-state index contributed by atoms with van der Waals surface area (Å²) in [6, 6.07) is 12.6. The van der Waals surface area contributed by atoms with Crippen molar-refractivity contribution in [3.63, 3.8) is 0 Å². The van der Waals surface area contributed by atoms with E-state index in [4.69, 9.17) is 9.47 Å². The summed E-state index contributed by atoms with van der Waals surface area (Å²) < 4.78 is 11.4. The lowest BCUT2D eigenvalue weighted by atomic mass is 10.1. The summed E-state index contributed by atoms with van der Waals surface area (Å²) in [5.41, 5.74) is 1.71. The summed E-state index contributed by atoms with van der Waals surface area (Å²) in [6.45, 7) is 0.582. The first-order chi connectivity index (χ1) is 13.0. The van der Waals surface area contributed by atoms with Gasteiger partial charge in [-0.2, -0.15) is 0 Å². The molecule has 6 nitrogen and oxygen atoms in total. The summed E-state index contributed by atoms with van der Waals surface area (Å²) in [7, 11) is 3.20. The van der Waals surface area contributed by atoms with Gasteiger partial charge >= 0.3 is 0 Å². The molecule has 7 heteroatoms. The van der Waals surface area contributed by atoms with Gasteiger partial charge in [0.1, 0.15) is 0 Å². The number of nitrogens with zero attached hydrogens (tertiary/aromatic N) is 1. The summed E-state index contributed by atoms with van der Waals surface area (Å²) >= 11 is 2.14. The Hall–Kier alpha value is -2.13. The molecule has 1 saturated heterocycles. The molecule has 2 aromatic carbocycles. The molecule has 1 heterocycles. The van der Waals surface area contributed by atoms with E-state index in [1.54, 1.807) is 20.3 Å². The molecule has 1 aliphatic heterocycles. The summed E-state index contributed by atoms with van der Waals surface area (Å²) in [6.07, 6.45) is 0.886.